The van der Waals surface area contributed by atoms with Gasteiger partial charge in [0, 0.05) is 12.3 Å². The van der Waals surface area contributed by atoms with Gasteiger partial charge >= 0.3 is 5.97 Å². The smallest absolute Gasteiger partial charge is 0.302 e. The van der Waals surface area contributed by atoms with Gasteiger partial charge in [-0.05, 0) is 86.9 Å². The molecule has 0 unspecified atom stereocenters. The Balaban J connectivity index is 1.58. The minimum Gasteiger partial charge on any atom is -0.462 e. The summed E-state index contributed by atoms with van der Waals surface area (Å²) in [4.78, 5) is 11.6. The van der Waals surface area contributed by atoms with Gasteiger partial charge in [-0.25, -0.2) is 0 Å². The van der Waals surface area contributed by atoms with Gasteiger partial charge in [0.15, 0.2) is 0 Å². The molecule has 0 aromatic carbocycles. The van der Waals surface area contributed by atoms with E-state index in [2.05, 4.69) is 26.8 Å². The molecular weight excluding hydrogens is 308 g/mol. The summed E-state index contributed by atoms with van der Waals surface area (Å²) in [7, 11) is 0. The van der Waals surface area contributed by atoms with Crippen molar-refractivity contribution in [2.24, 2.45) is 34.5 Å². The van der Waals surface area contributed by atoms with E-state index >= 15 is 0 Å². The summed E-state index contributed by atoms with van der Waals surface area (Å²) in [5.41, 5.74) is 2.45. The fraction of sp³-hybridized carbons (Fsp3) is 0.870. The lowest BCUT2D eigenvalue weighted by Gasteiger charge is -2.60. The zero-order chi connectivity index (χ0) is 17.8. The normalized spacial score (nSPS) is 48.8. The van der Waals surface area contributed by atoms with E-state index < -0.39 is 0 Å². The molecule has 0 saturated heterocycles. The molecule has 0 aliphatic heterocycles. The van der Waals surface area contributed by atoms with E-state index in [9.17, 15) is 4.79 Å². The molecule has 0 aromatic rings. The second kappa shape index (κ2) is 6.13. The van der Waals surface area contributed by atoms with Crippen LogP contribution in [0.2, 0.25) is 0 Å². The molecule has 25 heavy (non-hydrogen) atoms. The van der Waals surface area contributed by atoms with Gasteiger partial charge in [0.05, 0.1) is 0 Å². The molecule has 7 atom stereocenters. The van der Waals surface area contributed by atoms with Crippen molar-refractivity contribution in [3.63, 3.8) is 0 Å². The maximum absolute atomic E-state index is 11.6. The first-order valence-electron chi connectivity index (χ1n) is 10.7. The first kappa shape index (κ1) is 17.6. The van der Waals surface area contributed by atoms with Crippen LogP contribution in [0.1, 0.15) is 85.5 Å². The average molecular weight is 345 g/mol. The molecule has 3 fully saturated rings. The number of ether oxygens (including phenoxy) is 1. The zero-order valence-corrected chi connectivity index (χ0v) is 16.6. The highest BCUT2D eigenvalue weighted by atomic mass is 16.5. The highest BCUT2D eigenvalue weighted by molar-refractivity contribution is 5.66. The number of carbonyl (C=O) groups excluding carboxylic acids is 1. The fourth-order valence-corrected chi connectivity index (χ4v) is 7.59. The summed E-state index contributed by atoms with van der Waals surface area (Å²) < 4.78 is 5.78. The maximum Gasteiger partial charge on any atom is 0.302 e. The summed E-state index contributed by atoms with van der Waals surface area (Å²) in [6, 6.07) is 0. The molecule has 0 amide bonds. The van der Waals surface area contributed by atoms with Crippen LogP contribution in [0, 0.1) is 34.5 Å². The summed E-state index contributed by atoms with van der Waals surface area (Å²) in [5.74, 6) is 3.33. The first-order chi connectivity index (χ1) is 11.9. The van der Waals surface area contributed by atoms with Gasteiger partial charge in [0.1, 0.15) is 6.10 Å². The highest BCUT2D eigenvalue weighted by Gasteiger charge is 2.60. The molecule has 0 radical (unpaired) electrons. The number of rotatable bonds is 2. The van der Waals surface area contributed by atoms with E-state index in [0.29, 0.717) is 5.41 Å². The van der Waals surface area contributed by atoms with Crippen LogP contribution in [-0.2, 0) is 9.53 Å². The lowest BCUT2D eigenvalue weighted by atomic mass is 9.45. The third kappa shape index (κ3) is 2.61. The minimum absolute atomic E-state index is 0.0887. The van der Waals surface area contributed by atoms with Crippen LogP contribution >= 0.6 is 0 Å². The Hall–Kier alpha value is -0.790. The van der Waals surface area contributed by atoms with Gasteiger partial charge in [0.25, 0.3) is 0 Å². The van der Waals surface area contributed by atoms with Crippen molar-refractivity contribution in [3.05, 3.63) is 11.6 Å². The van der Waals surface area contributed by atoms with Crippen molar-refractivity contribution >= 4 is 5.97 Å². The third-order valence-electron chi connectivity index (χ3n) is 9.08. The van der Waals surface area contributed by atoms with Gasteiger partial charge in [-0.2, -0.15) is 0 Å². The Morgan fingerprint density at radius 2 is 1.88 bits per heavy atom. The minimum atomic E-state index is -0.0887. The first-order valence-corrected chi connectivity index (χ1v) is 10.7. The summed E-state index contributed by atoms with van der Waals surface area (Å²) in [6.45, 7) is 8.94. The highest BCUT2D eigenvalue weighted by Crippen LogP contribution is 2.66. The van der Waals surface area contributed by atoms with Crippen LogP contribution in [0.3, 0.4) is 0 Å². The predicted molar refractivity (Wildman–Crippen MR) is 101 cm³/mol. The topological polar surface area (TPSA) is 26.3 Å². The van der Waals surface area contributed by atoms with Crippen molar-refractivity contribution in [2.45, 2.75) is 91.6 Å². The zero-order valence-electron chi connectivity index (χ0n) is 16.6. The predicted octanol–water partition coefficient (Wildman–Crippen LogP) is 5.91. The molecule has 0 heterocycles. The molecule has 0 spiro atoms. The summed E-state index contributed by atoms with van der Waals surface area (Å²) in [5, 5.41) is 0. The van der Waals surface area contributed by atoms with Gasteiger partial charge in [-0.15, -0.1) is 0 Å². The van der Waals surface area contributed by atoms with E-state index in [1.165, 1.54) is 51.4 Å². The van der Waals surface area contributed by atoms with Crippen LogP contribution in [-0.4, -0.2) is 12.1 Å². The Kier molecular flexibility index (Phi) is 4.32. The van der Waals surface area contributed by atoms with E-state index in [1.54, 1.807) is 12.5 Å². The van der Waals surface area contributed by atoms with Crippen LogP contribution < -0.4 is 0 Å². The van der Waals surface area contributed by atoms with Gasteiger partial charge in [0.2, 0.25) is 0 Å². The number of allylic oxidation sites excluding steroid dienone is 2. The Morgan fingerprint density at radius 1 is 1.12 bits per heavy atom. The lowest BCUT2D eigenvalue weighted by Crippen LogP contribution is -2.53. The second-order valence-electron chi connectivity index (χ2n) is 10.0. The largest absolute Gasteiger partial charge is 0.462 e. The van der Waals surface area contributed by atoms with E-state index in [0.717, 1.165) is 30.1 Å². The molecule has 0 aromatic heterocycles. The second-order valence-corrected chi connectivity index (χ2v) is 10.0. The van der Waals surface area contributed by atoms with Gasteiger partial charge in [-0.3, -0.25) is 4.79 Å². The molecule has 2 nitrogen and oxygen atoms in total. The molecule has 4 aliphatic rings. The van der Waals surface area contributed by atoms with Gasteiger partial charge in [-0.1, -0.05) is 32.4 Å². The number of hydrogen-bond donors (Lipinski definition) is 0. The van der Waals surface area contributed by atoms with Crippen molar-refractivity contribution in [2.75, 3.05) is 0 Å². The number of hydrogen-bond acceptors (Lipinski definition) is 2. The van der Waals surface area contributed by atoms with Crippen molar-refractivity contribution in [1.29, 1.82) is 0 Å². The number of esters is 1. The SMILES string of the molecule is CCC1=CC[C@@]2(C)[C@@H](CC[C@@H]3[C@H]4CC[C@H](OC(C)=O)[C@@]4(C)CC[C@@H]32)C1. The molecule has 0 bridgehead atoms. The standard InChI is InChI=1S/C23H36O2/c1-5-16-10-12-22(3)17(14-16)6-7-18-19-8-9-21(25-15(2)24)23(19,4)13-11-20(18)22/h10,17-21H,5-9,11-14H2,1-4H3/t17-,18+,19+,20-,21-,22-,23-/m0/s1. The maximum atomic E-state index is 11.6. The molecule has 4 rings (SSSR count). The quantitative estimate of drug-likeness (QED) is 0.460. The van der Waals surface area contributed by atoms with E-state index in [4.69, 9.17) is 4.74 Å². The lowest BCUT2D eigenvalue weighted by molar-refractivity contribution is -0.159. The Bertz CT molecular complexity index is 579. The van der Waals surface area contributed by atoms with Gasteiger partial charge < -0.3 is 4.74 Å². The van der Waals surface area contributed by atoms with Crippen LogP contribution in [0.15, 0.2) is 11.6 Å². The van der Waals surface area contributed by atoms with Crippen LogP contribution in [0.4, 0.5) is 0 Å². The van der Waals surface area contributed by atoms with E-state index in [1.807, 2.05) is 0 Å². The average Bonchev–Trinajstić information content (AvgIpc) is 2.90. The van der Waals surface area contributed by atoms with Crippen molar-refractivity contribution in [1.82, 2.24) is 0 Å². The Labute approximate surface area is 153 Å². The molecular formula is C23H36O2. The number of fused-ring (bicyclic) bond motifs is 5. The number of carbonyl (C=O) groups is 1. The molecule has 3 saturated carbocycles. The van der Waals surface area contributed by atoms with Crippen LogP contribution in [0.25, 0.3) is 0 Å². The Morgan fingerprint density at radius 3 is 2.60 bits per heavy atom. The summed E-state index contributed by atoms with van der Waals surface area (Å²) >= 11 is 0. The third-order valence-corrected chi connectivity index (χ3v) is 9.08. The van der Waals surface area contributed by atoms with E-state index in [-0.39, 0.29) is 17.5 Å². The van der Waals surface area contributed by atoms with Crippen molar-refractivity contribution in [3.8, 4) is 0 Å². The monoisotopic (exact) mass is 344 g/mol. The molecule has 4 aliphatic carbocycles. The molecule has 2 heteroatoms. The van der Waals surface area contributed by atoms with Crippen molar-refractivity contribution < 1.29 is 9.53 Å². The van der Waals surface area contributed by atoms with Crippen LogP contribution in [0.5, 0.6) is 0 Å². The molecule has 0 N–H and O–H groups in total. The molecule has 140 valence electrons. The fourth-order valence-electron chi connectivity index (χ4n) is 7.59. The summed E-state index contributed by atoms with van der Waals surface area (Å²) in [6.07, 6.45) is 14.4.